The highest BCUT2D eigenvalue weighted by Crippen LogP contribution is 2.65. The summed E-state index contributed by atoms with van der Waals surface area (Å²) in [6.07, 6.45) is -2.70. The van der Waals surface area contributed by atoms with Crippen molar-refractivity contribution in [2.45, 2.75) is 30.4 Å². The Balaban J connectivity index is 1.30. The van der Waals surface area contributed by atoms with Crippen LogP contribution in [0.2, 0.25) is 15.1 Å². The highest BCUT2D eigenvalue weighted by Gasteiger charge is 2.70. The number of fused-ring (bicyclic) bond motifs is 4. The van der Waals surface area contributed by atoms with E-state index in [9.17, 15) is 42.8 Å². The number of aromatic hydroxyl groups is 1. The number of nitrogens with one attached hydrogen (secondary N) is 1. The first-order chi connectivity index (χ1) is 26.5. The Morgan fingerprint density at radius 2 is 1.57 bits per heavy atom. The molecule has 56 heavy (non-hydrogen) atoms. The van der Waals surface area contributed by atoms with Crippen LogP contribution >= 0.6 is 34.8 Å². The van der Waals surface area contributed by atoms with Gasteiger partial charge in [0, 0.05) is 39.9 Å². The highest BCUT2D eigenvalue weighted by molar-refractivity contribution is 6.33. The van der Waals surface area contributed by atoms with Crippen LogP contribution in [0.1, 0.15) is 35.4 Å². The van der Waals surface area contributed by atoms with Gasteiger partial charge in [0.15, 0.2) is 5.82 Å². The van der Waals surface area contributed by atoms with E-state index in [2.05, 4.69) is 10.4 Å². The molecule has 12 nitrogen and oxygen atoms in total. The molecule has 1 saturated carbocycles. The van der Waals surface area contributed by atoms with Crippen molar-refractivity contribution in [3.63, 3.8) is 0 Å². The van der Waals surface area contributed by atoms with Crippen LogP contribution in [0.3, 0.4) is 0 Å². The van der Waals surface area contributed by atoms with Gasteiger partial charge >= 0.3 is 6.18 Å². The van der Waals surface area contributed by atoms with Crippen molar-refractivity contribution >= 4 is 75.6 Å². The number of nitrogens with zero attached hydrogens (tertiary/aromatic N) is 4. The fourth-order valence-corrected chi connectivity index (χ4v) is 9.38. The van der Waals surface area contributed by atoms with E-state index in [0.29, 0.717) is 27.9 Å². The number of carbonyl (C=O) groups is 4. The van der Waals surface area contributed by atoms with E-state index >= 15 is 4.79 Å². The zero-order valence-corrected chi connectivity index (χ0v) is 30.6. The first kappa shape index (κ1) is 37.4. The predicted octanol–water partition coefficient (Wildman–Crippen LogP) is 7.86. The molecule has 286 valence electrons. The van der Waals surface area contributed by atoms with Gasteiger partial charge in [-0.2, -0.15) is 18.2 Å². The Hall–Kier alpha value is -5.51. The van der Waals surface area contributed by atoms with Gasteiger partial charge in [0.2, 0.25) is 11.8 Å². The lowest BCUT2D eigenvalue weighted by Gasteiger charge is -2.50. The van der Waals surface area contributed by atoms with Crippen LogP contribution in [0.15, 0.2) is 90.6 Å². The van der Waals surface area contributed by atoms with Gasteiger partial charge in [-0.05, 0) is 72.9 Å². The molecule has 2 saturated heterocycles. The number of hydrogen-bond donors (Lipinski definition) is 2. The lowest BCUT2D eigenvalue weighted by molar-refractivity contribution is -0.384. The van der Waals surface area contributed by atoms with Crippen LogP contribution in [0.4, 0.5) is 30.4 Å². The molecule has 4 aromatic rings. The number of nitro groups is 1. The summed E-state index contributed by atoms with van der Waals surface area (Å²) in [4.78, 5) is 73.9. The summed E-state index contributed by atoms with van der Waals surface area (Å²) in [6.45, 7) is 0. The van der Waals surface area contributed by atoms with E-state index in [0.717, 1.165) is 4.90 Å². The number of aromatic nitrogens is 1. The van der Waals surface area contributed by atoms with E-state index < -0.39 is 86.1 Å². The number of alkyl halides is 3. The topological polar surface area (TPSA) is 163 Å². The molecule has 3 heterocycles. The number of pyridine rings is 1. The fourth-order valence-electron chi connectivity index (χ4n) is 8.86. The monoisotopic (exact) mass is 825 g/mol. The Bertz CT molecular complexity index is 2410. The van der Waals surface area contributed by atoms with E-state index in [1.807, 2.05) is 0 Å². The number of imide groups is 2. The largest absolute Gasteiger partial charge is 0.508 e. The zero-order chi connectivity index (χ0) is 40.0. The number of allylic oxidation sites excluding steroid dienone is 2. The van der Waals surface area contributed by atoms with Gasteiger partial charge in [0.1, 0.15) is 5.75 Å². The van der Waals surface area contributed by atoms with E-state index in [4.69, 9.17) is 34.8 Å². The van der Waals surface area contributed by atoms with Gasteiger partial charge in [-0.1, -0.05) is 58.6 Å². The molecule has 6 atom stereocenters. The Kier molecular flexibility index (Phi) is 8.90. The number of carbonyl (C=O) groups excluding carboxylic acids is 4. The molecule has 0 bridgehead atoms. The maximum absolute atomic E-state index is 15.3. The van der Waals surface area contributed by atoms with Crippen LogP contribution in [0.5, 0.6) is 5.75 Å². The molecule has 4 amide bonds. The van der Waals surface area contributed by atoms with Crippen molar-refractivity contribution < 1.29 is 42.4 Å². The molecule has 0 spiro atoms. The Morgan fingerprint density at radius 3 is 2.21 bits per heavy atom. The molecule has 2 aliphatic carbocycles. The third-order valence-electron chi connectivity index (χ3n) is 11.2. The number of rotatable bonds is 6. The molecule has 3 fully saturated rings. The minimum Gasteiger partial charge on any atom is -0.508 e. The second-order valence-corrected chi connectivity index (χ2v) is 15.2. The summed E-state index contributed by atoms with van der Waals surface area (Å²) in [5.74, 6) is -8.98. The second kappa shape index (κ2) is 13.3. The molecule has 4 aliphatic rings. The summed E-state index contributed by atoms with van der Waals surface area (Å²) in [7, 11) is 0. The molecule has 0 unspecified atom stereocenters. The van der Waals surface area contributed by atoms with Crippen LogP contribution in [-0.4, -0.2) is 43.7 Å². The number of non-ortho nitro benzene ring substituents is 1. The molecule has 0 radical (unpaired) electrons. The number of phenols is 1. The lowest BCUT2D eigenvalue weighted by atomic mass is 9.49. The fraction of sp³-hybridized carbons (Fsp3) is 0.237. The second-order valence-electron chi connectivity index (χ2n) is 13.9. The maximum Gasteiger partial charge on any atom is 0.417 e. The quantitative estimate of drug-likeness (QED) is 0.0853. The normalized spacial score (nSPS) is 25.8. The first-order valence-electron chi connectivity index (χ1n) is 17.0. The summed E-state index contributed by atoms with van der Waals surface area (Å²) in [5, 5.41) is 23.3. The molecular formula is C38H25Cl3F3N5O7. The van der Waals surface area contributed by atoms with Crippen molar-refractivity contribution in [2.75, 3.05) is 10.3 Å². The summed E-state index contributed by atoms with van der Waals surface area (Å²) in [5.41, 5.74) is 0.226. The Labute approximate surface area is 329 Å². The summed E-state index contributed by atoms with van der Waals surface area (Å²) >= 11 is 19.0. The van der Waals surface area contributed by atoms with Crippen LogP contribution in [0, 0.1) is 33.8 Å². The minimum atomic E-state index is -4.79. The van der Waals surface area contributed by atoms with Gasteiger partial charge in [0.05, 0.1) is 44.4 Å². The molecular weight excluding hydrogens is 802 g/mol. The Morgan fingerprint density at radius 1 is 0.893 bits per heavy atom. The lowest BCUT2D eigenvalue weighted by Crippen LogP contribution is -2.53. The van der Waals surface area contributed by atoms with Crippen molar-refractivity contribution in [1.29, 1.82) is 0 Å². The van der Waals surface area contributed by atoms with Gasteiger partial charge in [0.25, 0.3) is 17.5 Å². The van der Waals surface area contributed by atoms with Gasteiger partial charge in [-0.25, -0.2) is 4.98 Å². The predicted molar refractivity (Wildman–Crippen MR) is 196 cm³/mol. The number of hydrazine groups is 1. The first-order valence-corrected chi connectivity index (χ1v) is 18.1. The molecule has 3 aromatic carbocycles. The van der Waals surface area contributed by atoms with Gasteiger partial charge in [-0.3, -0.25) is 39.6 Å². The standard InChI is InChI=1S/C38H25Cl3F3N5O7/c39-19-3-1-17(2-4-19)37-27(34(52)48(36(37)54)46-32-28(41)13-18(16-45-32)38(42,43)44)15-25-23(31(37)26-14-20(40)5-12-29(26)50)10-11-24-30(25)35(53)47(33(24)51)21-6-8-22(9-7-21)49(55)56/h1-10,12-14,16,24-25,27,30-31,50H,11,15H2,(H,45,46)/t24-,25+,27-,30-,31+,37+/m0/s1. The SMILES string of the molecule is O=C1[C@@H]2C[C@@H]3C(=CC[C@@H]4C(=O)N(c5ccc([N+](=O)[O-])cc5)C(=O)[C@@H]43)[C@H](c3cc(Cl)ccc3O)[C@]2(c2ccc(Cl)cc2)C(=O)N1Nc1ncc(C(F)(F)F)cc1Cl. The number of phenolic OH excluding ortho intramolecular Hbond substituents is 1. The van der Waals surface area contributed by atoms with Crippen molar-refractivity contribution in [3.05, 3.63) is 133 Å². The molecule has 8 rings (SSSR count). The number of anilines is 2. The highest BCUT2D eigenvalue weighted by atomic mass is 35.5. The summed E-state index contributed by atoms with van der Waals surface area (Å²) < 4.78 is 40.4. The minimum absolute atomic E-state index is 0.0267. The van der Waals surface area contributed by atoms with Crippen molar-refractivity contribution in [1.82, 2.24) is 9.99 Å². The average Bonchev–Trinajstić information content (AvgIpc) is 3.54. The van der Waals surface area contributed by atoms with Crippen LogP contribution in [-0.2, 0) is 30.8 Å². The van der Waals surface area contributed by atoms with Crippen molar-refractivity contribution in [3.8, 4) is 5.75 Å². The van der Waals surface area contributed by atoms with Crippen LogP contribution < -0.4 is 10.3 Å². The molecule has 2 N–H and O–H groups in total. The number of amides is 4. The van der Waals surface area contributed by atoms with Gasteiger partial charge < -0.3 is 5.11 Å². The smallest absolute Gasteiger partial charge is 0.417 e. The number of benzene rings is 3. The van der Waals surface area contributed by atoms with E-state index in [-0.39, 0.29) is 46.1 Å². The van der Waals surface area contributed by atoms with E-state index in [1.54, 1.807) is 18.2 Å². The number of nitro benzene ring substituents is 1. The van der Waals surface area contributed by atoms with Gasteiger partial charge in [-0.15, -0.1) is 0 Å². The zero-order valence-electron chi connectivity index (χ0n) is 28.3. The average molecular weight is 827 g/mol. The van der Waals surface area contributed by atoms with Crippen LogP contribution in [0.25, 0.3) is 0 Å². The van der Waals surface area contributed by atoms with E-state index in [1.165, 1.54) is 54.6 Å². The molecule has 18 heteroatoms. The third-order valence-corrected chi connectivity index (χ3v) is 12.0. The van der Waals surface area contributed by atoms with Crippen molar-refractivity contribution in [2.24, 2.45) is 23.7 Å². The number of halogens is 6. The maximum atomic E-state index is 15.3. The number of hydrogen-bond acceptors (Lipinski definition) is 9. The molecule has 1 aromatic heterocycles. The summed E-state index contributed by atoms with van der Waals surface area (Å²) in [6, 6.07) is 15.8. The molecule has 2 aliphatic heterocycles. The third kappa shape index (κ3) is 5.62.